The first-order chi connectivity index (χ1) is 14.0. The zero-order valence-electron chi connectivity index (χ0n) is 17.9. The number of fused-ring (bicyclic) bond motifs is 2. The Morgan fingerprint density at radius 1 is 1.10 bits per heavy atom. The Morgan fingerprint density at radius 2 is 1.86 bits per heavy atom. The molecule has 0 radical (unpaired) electrons. The van der Waals surface area contributed by atoms with Crippen molar-refractivity contribution >= 4 is 5.91 Å². The molecule has 0 aromatic heterocycles. The van der Waals surface area contributed by atoms with Gasteiger partial charge in [0.1, 0.15) is 5.75 Å². The molecule has 0 N–H and O–H groups in total. The Morgan fingerprint density at radius 3 is 2.59 bits per heavy atom. The van der Waals surface area contributed by atoms with Gasteiger partial charge in [-0.05, 0) is 68.6 Å². The van der Waals surface area contributed by atoms with E-state index in [1.165, 1.54) is 11.1 Å². The lowest BCUT2D eigenvalue weighted by atomic mass is 9.68. The van der Waals surface area contributed by atoms with E-state index in [4.69, 9.17) is 4.74 Å². The molecule has 0 unspecified atom stereocenters. The van der Waals surface area contributed by atoms with E-state index in [9.17, 15) is 4.79 Å². The van der Waals surface area contributed by atoms with Gasteiger partial charge in [0.25, 0.3) is 0 Å². The van der Waals surface area contributed by atoms with Gasteiger partial charge in [0.05, 0.1) is 13.5 Å². The first-order valence-corrected chi connectivity index (χ1v) is 10.7. The van der Waals surface area contributed by atoms with Crippen LogP contribution in [0.25, 0.3) is 0 Å². The monoisotopic (exact) mass is 392 g/mol. The lowest BCUT2D eigenvalue weighted by molar-refractivity contribution is -0.133. The van der Waals surface area contributed by atoms with Crippen molar-refractivity contribution in [1.82, 2.24) is 9.80 Å². The number of methoxy groups -OCH3 is 1. The Kier molecular flexibility index (Phi) is 5.64. The molecule has 1 fully saturated rings. The van der Waals surface area contributed by atoms with Gasteiger partial charge in [-0.2, -0.15) is 0 Å². The van der Waals surface area contributed by atoms with Crippen molar-refractivity contribution in [3.05, 3.63) is 65.2 Å². The van der Waals surface area contributed by atoms with E-state index in [0.29, 0.717) is 19.0 Å². The minimum absolute atomic E-state index is 0.0876. The molecule has 4 heteroatoms. The first-order valence-electron chi connectivity index (χ1n) is 10.7. The molecule has 4 nitrogen and oxygen atoms in total. The molecule has 1 amide bonds. The molecule has 2 aromatic rings. The minimum Gasteiger partial charge on any atom is -0.497 e. The average molecular weight is 393 g/mol. The molecular formula is C25H32N2O2. The molecule has 2 aromatic carbocycles. The molecule has 1 saturated heterocycles. The molecule has 2 aliphatic rings. The molecule has 1 spiro atoms. The number of rotatable bonds is 4. The summed E-state index contributed by atoms with van der Waals surface area (Å²) in [5, 5.41) is 0. The number of amides is 1. The number of likely N-dealkylation sites (tertiary alicyclic amines) is 1. The Bertz CT molecular complexity index is 869. The van der Waals surface area contributed by atoms with E-state index in [1.54, 1.807) is 7.11 Å². The summed E-state index contributed by atoms with van der Waals surface area (Å²) < 4.78 is 5.32. The predicted octanol–water partition coefficient (Wildman–Crippen LogP) is 4.02. The number of carbonyl (C=O) groups is 1. The third kappa shape index (κ3) is 4.04. The highest BCUT2D eigenvalue weighted by molar-refractivity contribution is 5.79. The largest absolute Gasteiger partial charge is 0.497 e. The van der Waals surface area contributed by atoms with Crippen molar-refractivity contribution < 1.29 is 9.53 Å². The van der Waals surface area contributed by atoms with Crippen molar-refractivity contribution in [2.24, 2.45) is 0 Å². The molecule has 0 saturated carbocycles. The molecule has 29 heavy (non-hydrogen) atoms. The van der Waals surface area contributed by atoms with E-state index < -0.39 is 0 Å². The van der Waals surface area contributed by atoms with Crippen LogP contribution in [-0.4, -0.2) is 48.5 Å². The van der Waals surface area contributed by atoms with Gasteiger partial charge in [-0.15, -0.1) is 0 Å². The van der Waals surface area contributed by atoms with Crippen molar-refractivity contribution in [3.63, 3.8) is 0 Å². The topological polar surface area (TPSA) is 32.8 Å². The molecule has 0 bridgehead atoms. The lowest BCUT2D eigenvalue weighted by Crippen LogP contribution is -2.54. The van der Waals surface area contributed by atoms with Crippen LogP contribution in [0.2, 0.25) is 0 Å². The number of benzene rings is 2. The number of piperidine rings is 1. The van der Waals surface area contributed by atoms with Crippen LogP contribution in [-0.2, 0) is 23.2 Å². The van der Waals surface area contributed by atoms with Gasteiger partial charge in [-0.25, -0.2) is 0 Å². The fourth-order valence-corrected chi connectivity index (χ4v) is 5.03. The van der Waals surface area contributed by atoms with Crippen LogP contribution in [0, 0.1) is 0 Å². The van der Waals surface area contributed by atoms with Crippen LogP contribution in [0.5, 0.6) is 5.75 Å². The van der Waals surface area contributed by atoms with Crippen LogP contribution in [0.1, 0.15) is 43.4 Å². The van der Waals surface area contributed by atoms with Gasteiger partial charge in [0.2, 0.25) is 5.91 Å². The maximum absolute atomic E-state index is 13.3. The number of nitrogens with zero attached hydrogens (tertiary/aromatic N) is 2. The fourth-order valence-electron chi connectivity index (χ4n) is 5.03. The summed E-state index contributed by atoms with van der Waals surface area (Å²) >= 11 is 0. The minimum atomic E-state index is 0.0876. The van der Waals surface area contributed by atoms with Gasteiger partial charge in [0.15, 0.2) is 0 Å². The zero-order valence-corrected chi connectivity index (χ0v) is 17.9. The average Bonchev–Trinajstić information content (AvgIpc) is 2.74. The molecule has 2 aliphatic heterocycles. The standard InChI is InChI=1S/C25H32N2O2/c1-19(2)26-13-11-25(12-14-26)18-27(17-21-8-4-5-10-23(21)25)24(28)16-20-7-6-9-22(15-20)29-3/h4-10,15,19H,11-14,16-18H2,1-3H3. The van der Waals surface area contributed by atoms with Gasteiger partial charge in [-0.1, -0.05) is 36.4 Å². The number of hydrogen-bond donors (Lipinski definition) is 0. The molecular weight excluding hydrogens is 360 g/mol. The van der Waals surface area contributed by atoms with Gasteiger partial charge >= 0.3 is 0 Å². The predicted molar refractivity (Wildman–Crippen MR) is 116 cm³/mol. The van der Waals surface area contributed by atoms with Crippen LogP contribution >= 0.6 is 0 Å². The number of ether oxygens (including phenoxy) is 1. The van der Waals surface area contributed by atoms with Crippen molar-refractivity contribution in [2.75, 3.05) is 26.7 Å². The fraction of sp³-hybridized carbons (Fsp3) is 0.480. The maximum atomic E-state index is 13.3. The second-order valence-corrected chi connectivity index (χ2v) is 8.85. The summed E-state index contributed by atoms with van der Waals surface area (Å²) in [5.74, 6) is 1.01. The zero-order chi connectivity index (χ0) is 20.4. The molecule has 2 heterocycles. The van der Waals surface area contributed by atoms with Crippen LogP contribution in [0.15, 0.2) is 48.5 Å². The summed E-state index contributed by atoms with van der Waals surface area (Å²) in [5.41, 5.74) is 3.88. The van der Waals surface area contributed by atoms with Gasteiger partial charge in [-0.3, -0.25) is 4.79 Å². The SMILES string of the molecule is COc1cccc(CC(=O)N2Cc3ccccc3C3(CCN(C(C)C)CC3)C2)c1. The Hall–Kier alpha value is -2.33. The van der Waals surface area contributed by atoms with Gasteiger partial charge < -0.3 is 14.5 Å². The summed E-state index contributed by atoms with van der Waals surface area (Å²) in [7, 11) is 1.66. The highest BCUT2D eigenvalue weighted by atomic mass is 16.5. The summed E-state index contributed by atoms with van der Waals surface area (Å²) in [4.78, 5) is 17.9. The Labute approximate surface area is 174 Å². The number of hydrogen-bond acceptors (Lipinski definition) is 3. The third-order valence-electron chi connectivity index (χ3n) is 6.77. The smallest absolute Gasteiger partial charge is 0.227 e. The molecule has 154 valence electrons. The van der Waals surface area contributed by atoms with Crippen molar-refractivity contribution in [2.45, 2.75) is 51.1 Å². The second-order valence-electron chi connectivity index (χ2n) is 8.85. The third-order valence-corrected chi connectivity index (χ3v) is 6.77. The summed E-state index contributed by atoms with van der Waals surface area (Å²) in [6.45, 7) is 8.30. The van der Waals surface area contributed by atoms with E-state index in [-0.39, 0.29) is 11.3 Å². The van der Waals surface area contributed by atoms with Crippen molar-refractivity contribution in [1.29, 1.82) is 0 Å². The summed E-state index contributed by atoms with van der Waals surface area (Å²) in [6.07, 6.45) is 2.66. The first kappa shape index (κ1) is 20.0. The maximum Gasteiger partial charge on any atom is 0.227 e. The second kappa shape index (κ2) is 8.19. The van der Waals surface area contributed by atoms with E-state index in [2.05, 4.69) is 47.9 Å². The molecule has 4 rings (SSSR count). The lowest BCUT2D eigenvalue weighted by Gasteiger charge is -2.49. The van der Waals surface area contributed by atoms with E-state index in [0.717, 1.165) is 43.8 Å². The highest BCUT2D eigenvalue weighted by Gasteiger charge is 2.43. The highest BCUT2D eigenvalue weighted by Crippen LogP contribution is 2.42. The molecule has 0 aliphatic carbocycles. The van der Waals surface area contributed by atoms with Crippen LogP contribution in [0.4, 0.5) is 0 Å². The number of carbonyl (C=O) groups excluding carboxylic acids is 1. The van der Waals surface area contributed by atoms with Crippen LogP contribution < -0.4 is 4.74 Å². The quantitative estimate of drug-likeness (QED) is 0.788. The van der Waals surface area contributed by atoms with Crippen LogP contribution in [0.3, 0.4) is 0 Å². The van der Waals surface area contributed by atoms with E-state index in [1.807, 2.05) is 24.3 Å². The summed E-state index contributed by atoms with van der Waals surface area (Å²) in [6, 6.07) is 17.2. The normalized spacial score (nSPS) is 18.7. The van der Waals surface area contributed by atoms with Crippen molar-refractivity contribution in [3.8, 4) is 5.75 Å². The molecule has 0 atom stereocenters. The van der Waals surface area contributed by atoms with E-state index >= 15 is 0 Å². The Balaban J connectivity index is 1.56. The van der Waals surface area contributed by atoms with Gasteiger partial charge in [0, 0.05) is 24.5 Å².